The van der Waals surface area contributed by atoms with Gasteiger partial charge in [-0.1, -0.05) is 74.4 Å². The molecule has 0 heterocycles. The van der Waals surface area contributed by atoms with Crippen molar-refractivity contribution < 1.29 is 14.6 Å². The number of ether oxygens (including phenoxy) is 1. The average molecular weight is 428 g/mol. The number of aliphatic hydroxyl groups excluding tert-OH is 1. The zero-order valence-electron chi connectivity index (χ0n) is 20.4. The van der Waals surface area contributed by atoms with Crippen molar-refractivity contribution in [2.75, 3.05) is 6.54 Å². The monoisotopic (exact) mass is 427 g/mol. The number of rotatable bonds is 7. The van der Waals surface area contributed by atoms with Crippen molar-refractivity contribution in [1.29, 1.82) is 0 Å². The number of carbonyl (C=O) groups is 1. The summed E-state index contributed by atoms with van der Waals surface area (Å²) in [5.41, 5.74) is 3.36. The van der Waals surface area contributed by atoms with Crippen LogP contribution in [0.15, 0.2) is 53.6 Å². The Morgan fingerprint density at radius 1 is 1.06 bits per heavy atom. The maximum absolute atomic E-state index is 12.9. The molecule has 1 aliphatic rings. The first-order valence-electron chi connectivity index (χ1n) is 11.5. The third kappa shape index (κ3) is 7.84. The van der Waals surface area contributed by atoms with Crippen molar-refractivity contribution in [1.82, 2.24) is 4.90 Å². The Balaban J connectivity index is 2.02. The highest BCUT2D eigenvalue weighted by Gasteiger charge is 2.30. The molecule has 0 unspecified atom stereocenters. The maximum Gasteiger partial charge on any atom is 0.410 e. The van der Waals surface area contributed by atoms with Crippen molar-refractivity contribution in [3.05, 3.63) is 59.2 Å². The van der Waals surface area contributed by atoms with Gasteiger partial charge in [-0.25, -0.2) is 4.79 Å². The summed E-state index contributed by atoms with van der Waals surface area (Å²) in [6.45, 7) is 14.8. The molecule has 1 aliphatic carbocycles. The van der Waals surface area contributed by atoms with Gasteiger partial charge in [0.25, 0.3) is 0 Å². The van der Waals surface area contributed by atoms with E-state index >= 15 is 0 Å². The minimum absolute atomic E-state index is 0.221. The van der Waals surface area contributed by atoms with Gasteiger partial charge < -0.3 is 14.7 Å². The summed E-state index contributed by atoms with van der Waals surface area (Å²) in [7, 11) is 0. The minimum atomic E-state index is -0.764. The molecular weight excluding hydrogens is 386 g/mol. The molecule has 0 aromatic heterocycles. The molecule has 172 valence electrons. The molecule has 0 aliphatic heterocycles. The molecule has 2 rings (SSSR count). The summed E-state index contributed by atoms with van der Waals surface area (Å²) in [4.78, 5) is 14.6. The number of aliphatic hydroxyl groups is 1. The third-order valence-corrected chi connectivity index (χ3v) is 5.80. The molecule has 31 heavy (non-hydrogen) atoms. The van der Waals surface area contributed by atoms with Gasteiger partial charge in [0, 0.05) is 6.54 Å². The van der Waals surface area contributed by atoms with Crippen LogP contribution >= 0.6 is 0 Å². The summed E-state index contributed by atoms with van der Waals surface area (Å²) >= 11 is 0. The molecule has 1 amide bonds. The van der Waals surface area contributed by atoms with Crippen LogP contribution in [0.4, 0.5) is 4.79 Å². The number of hydrogen-bond acceptors (Lipinski definition) is 3. The Kier molecular flexibility index (Phi) is 8.53. The first-order chi connectivity index (χ1) is 14.4. The predicted octanol–water partition coefficient (Wildman–Crippen LogP) is 6.82. The van der Waals surface area contributed by atoms with Gasteiger partial charge in [-0.05, 0) is 64.4 Å². The van der Waals surface area contributed by atoms with Gasteiger partial charge in [-0.3, -0.25) is 0 Å². The minimum Gasteiger partial charge on any atom is -0.444 e. The molecule has 0 spiro atoms. The standard InChI is InChI=1S/C27H41NO3/c1-20(24(29)22-13-9-8-10-14-22)28(25(30)31-27(5,6)7)19-11-12-21-15-17-23(18-16-21)26(2,3)4/h8-10,13-15,18,20,24,29H,11-12,16-17,19H2,1-7H3/t20-,24-/m0/s1. The van der Waals surface area contributed by atoms with Crippen LogP contribution in [0.5, 0.6) is 0 Å². The number of carbonyl (C=O) groups excluding carboxylic acids is 1. The van der Waals surface area contributed by atoms with Crippen LogP contribution in [0.3, 0.4) is 0 Å². The summed E-state index contributed by atoms with van der Waals surface area (Å²) in [6.07, 6.45) is 7.36. The second-order valence-electron chi connectivity index (χ2n) is 10.6. The molecule has 4 nitrogen and oxygen atoms in total. The summed E-state index contributed by atoms with van der Waals surface area (Å²) in [5, 5.41) is 10.9. The van der Waals surface area contributed by atoms with E-state index in [2.05, 4.69) is 32.9 Å². The largest absolute Gasteiger partial charge is 0.444 e. The van der Waals surface area contributed by atoms with Gasteiger partial charge in [0.15, 0.2) is 0 Å². The van der Waals surface area contributed by atoms with Crippen LogP contribution in [0.1, 0.15) is 85.8 Å². The number of hydrogen-bond donors (Lipinski definition) is 1. The van der Waals surface area contributed by atoms with Crippen molar-refractivity contribution in [3.63, 3.8) is 0 Å². The van der Waals surface area contributed by atoms with Crippen LogP contribution < -0.4 is 0 Å². The Morgan fingerprint density at radius 2 is 1.71 bits per heavy atom. The average Bonchev–Trinajstić information content (AvgIpc) is 2.69. The van der Waals surface area contributed by atoms with Gasteiger partial charge >= 0.3 is 6.09 Å². The van der Waals surface area contributed by atoms with Crippen molar-refractivity contribution in [2.24, 2.45) is 5.41 Å². The van der Waals surface area contributed by atoms with E-state index in [-0.39, 0.29) is 17.6 Å². The Hall–Kier alpha value is -2.07. The lowest BCUT2D eigenvalue weighted by Crippen LogP contribution is -2.45. The molecule has 0 bridgehead atoms. The zero-order chi connectivity index (χ0) is 23.2. The molecule has 0 saturated heterocycles. The Morgan fingerprint density at radius 3 is 2.23 bits per heavy atom. The molecular formula is C27H41NO3. The molecule has 1 N–H and O–H groups in total. The van der Waals surface area contributed by atoms with Crippen LogP contribution in [0, 0.1) is 5.41 Å². The summed E-state index contributed by atoms with van der Waals surface area (Å²) < 4.78 is 5.65. The van der Waals surface area contributed by atoms with Crippen LogP contribution in [-0.4, -0.2) is 34.3 Å². The molecule has 1 aromatic rings. The van der Waals surface area contributed by atoms with E-state index in [0.717, 1.165) is 31.2 Å². The number of allylic oxidation sites excluding steroid dienone is 4. The fourth-order valence-corrected chi connectivity index (χ4v) is 3.85. The van der Waals surface area contributed by atoms with Gasteiger partial charge in [-0.15, -0.1) is 0 Å². The maximum atomic E-state index is 12.9. The van der Waals surface area contributed by atoms with E-state index in [9.17, 15) is 9.90 Å². The number of nitrogens with zero attached hydrogens (tertiary/aromatic N) is 1. The van der Waals surface area contributed by atoms with E-state index in [1.54, 1.807) is 4.90 Å². The highest BCUT2D eigenvalue weighted by Crippen LogP contribution is 2.33. The second kappa shape index (κ2) is 10.5. The van der Waals surface area contributed by atoms with Crippen LogP contribution in [-0.2, 0) is 4.74 Å². The molecule has 0 saturated carbocycles. The van der Waals surface area contributed by atoms with Crippen molar-refractivity contribution in [3.8, 4) is 0 Å². The second-order valence-corrected chi connectivity index (χ2v) is 10.6. The molecule has 1 aromatic carbocycles. The Labute approximate surface area is 189 Å². The summed E-state index contributed by atoms with van der Waals surface area (Å²) in [6, 6.07) is 9.12. The predicted molar refractivity (Wildman–Crippen MR) is 128 cm³/mol. The van der Waals surface area contributed by atoms with E-state index in [0.29, 0.717) is 6.54 Å². The van der Waals surface area contributed by atoms with Crippen molar-refractivity contribution >= 4 is 6.09 Å². The molecule has 2 atom stereocenters. The first kappa shape index (κ1) is 25.2. The first-order valence-corrected chi connectivity index (χ1v) is 11.5. The van der Waals surface area contributed by atoms with Gasteiger partial charge in [-0.2, -0.15) is 0 Å². The van der Waals surface area contributed by atoms with Crippen molar-refractivity contribution in [2.45, 2.75) is 91.9 Å². The van der Waals surface area contributed by atoms with Gasteiger partial charge in [0.1, 0.15) is 5.60 Å². The fraction of sp³-hybridized carbons (Fsp3) is 0.593. The lowest BCUT2D eigenvalue weighted by molar-refractivity contribution is -0.00299. The fourth-order valence-electron chi connectivity index (χ4n) is 3.85. The van der Waals surface area contributed by atoms with E-state index < -0.39 is 11.7 Å². The molecule has 4 heteroatoms. The van der Waals surface area contributed by atoms with Gasteiger partial charge in [0.05, 0.1) is 12.1 Å². The Bertz CT molecular complexity index is 781. The quantitative estimate of drug-likeness (QED) is 0.486. The van der Waals surface area contributed by atoms with Crippen LogP contribution in [0.2, 0.25) is 0 Å². The highest BCUT2D eigenvalue weighted by molar-refractivity contribution is 5.68. The van der Waals surface area contributed by atoms with E-state index in [4.69, 9.17) is 4.74 Å². The number of amides is 1. The third-order valence-electron chi connectivity index (χ3n) is 5.80. The molecule has 0 radical (unpaired) electrons. The lowest BCUT2D eigenvalue weighted by atomic mass is 9.80. The van der Waals surface area contributed by atoms with E-state index in [1.807, 2.05) is 58.0 Å². The summed E-state index contributed by atoms with van der Waals surface area (Å²) in [5.74, 6) is 0. The SMILES string of the molecule is C[C@@H]([C@H](O)c1ccccc1)N(CCCC1=CCC(C(C)(C)C)=CC1)C(=O)OC(C)(C)C. The zero-order valence-corrected chi connectivity index (χ0v) is 20.4. The van der Waals surface area contributed by atoms with Crippen LogP contribution in [0.25, 0.3) is 0 Å². The van der Waals surface area contributed by atoms with E-state index in [1.165, 1.54) is 11.1 Å². The highest BCUT2D eigenvalue weighted by atomic mass is 16.6. The smallest absolute Gasteiger partial charge is 0.410 e. The molecule has 0 fully saturated rings. The normalized spacial score (nSPS) is 16.8. The topological polar surface area (TPSA) is 49.8 Å². The number of benzene rings is 1. The van der Waals surface area contributed by atoms with Gasteiger partial charge in [0.2, 0.25) is 0 Å². The lowest BCUT2D eigenvalue weighted by Gasteiger charge is -2.34.